The minimum Gasteiger partial charge on any atom is -0.460 e. The molecule has 110 valence electrons. The van der Waals surface area contributed by atoms with Gasteiger partial charge in [-0.2, -0.15) is 4.79 Å². The first-order valence-corrected chi connectivity index (χ1v) is 6.25. The number of benzene rings is 1. The minimum atomic E-state index is -0.988. The van der Waals surface area contributed by atoms with E-state index in [0.717, 1.165) is 12.7 Å². The van der Waals surface area contributed by atoms with E-state index in [1.165, 1.54) is 0 Å². The Hall–Kier alpha value is -2.56. The Kier molecular flexibility index (Phi) is 6.74. The molecule has 6 nitrogen and oxygen atoms in total. The van der Waals surface area contributed by atoms with Crippen molar-refractivity contribution in [3.63, 3.8) is 0 Å². The molecule has 0 saturated heterocycles. The third-order valence-electron chi connectivity index (χ3n) is 2.70. The highest BCUT2D eigenvalue weighted by molar-refractivity contribution is 6.62. The van der Waals surface area contributed by atoms with E-state index < -0.39 is 23.6 Å². The van der Waals surface area contributed by atoms with Crippen LogP contribution in [0.1, 0.15) is 18.1 Å². The lowest BCUT2D eigenvalue weighted by molar-refractivity contribution is -0.140. The van der Waals surface area contributed by atoms with Gasteiger partial charge in [-0.05, 0) is 5.56 Å². The highest BCUT2D eigenvalue weighted by Crippen LogP contribution is 2.21. The van der Waals surface area contributed by atoms with Gasteiger partial charge >= 0.3 is 11.7 Å². The third kappa shape index (κ3) is 4.80. The van der Waals surface area contributed by atoms with E-state index in [-0.39, 0.29) is 13.0 Å². The molecule has 0 spiro atoms. The van der Waals surface area contributed by atoms with Crippen molar-refractivity contribution in [3.8, 4) is 0 Å². The molecule has 6 heteroatoms. The number of ketones is 1. The monoisotopic (exact) mass is 288 g/mol. The zero-order valence-corrected chi connectivity index (χ0v) is 11.7. The Bertz CT molecular complexity index is 562. The van der Waals surface area contributed by atoms with Crippen LogP contribution in [0.4, 0.5) is 0 Å². The second kappa shape index (κ2) is 8.58. The SMILES string of the molecule is C=CCO[C@H](CC(=O)C(=[N+]=[N-])C(=O)OC)c1ccccc1. The molecule has 0 fully saturated rings. The Labute approximate surface area is 122 Å². The molecular weight excluding hydrogens is 272 g/mol. The highest BCUT2D eigenvalue weighted by atomic mass is 16.5. The zero-order chi connectivity index (χ0) is 15.7. The van der Waals surface area contributed by atoms with E-state index in [2.05, 4.69) is 16.1 Å². The number of carbonyl (C=O) groups is 2. The van der Waals surface area contributed by atoms with Crippen molar-refractivity contribution in [2.75, 3.05) is 13.7 Å². The van der Waals surface area contributed by atoms with Gasteiger partial charge in [0, 0.05) is 6.42 Å². The largest absolute Gasteiger partial charge is 0.460 e. The van der Waals surface area contributed by atoms with Crippen molar-refractivity contribution in [1.29, 1.82) is 0 Å². The summed E-state index contributed by atoms with van der Waals surface area (Å²) in [5.74, 6) is -1.65. The number of nitrogens with zero attached hydrogens (tertiary/aromatic N) is 2. The summed E-state index contributed by atoms with van der Waals surface area (Å²) in [5.41, 5.74) is 8.89. The first-order valence-electron chi connectivity index (χ1n) is 6.25. The number of carbonyl (C=O) groups excluding carboxylic acids is 2. The molecule has 1 aromatic rings. The van der Waals surface area contributed by atoms with Gasteiger partial charge in [0.2, 0.25) is 0 Å². The number of hydrogen-bond donors (Lipinski definition) is 0. The van der Waals surface area contributed by atoms with E-state index in [4.69, 9.17) is 10.3 Å². The molecule has 0 aromatic heterocycles. The number of methoxy groups -OCH3 is 1. The van der Waals surface area contributed by atoms with Gasteiger partial charge in [-0.1, -0.05) is 36.4 Å². The predicted octanol–water partition coefficient (Wildman–Crippen LogP) is 1.73. The fraction of sp³-hybridized carbons (Fsp3) is 0.267. The summed E-state index contributed by atoms with van der Waals surface area (Å²) in [6.07, 6.45) is 0.840. The van der Waals surface area contributed by atoms with Gasteiger partial charge < -0.3 is 15.0 Å². The van der Waals surface area contributed by atoms with Crippen LogP contribution in [-0.4, -0.2) is 36.0 Å². The summed E-state index contributed by atoms with van der Waals surface area (Å²) in [4.78, 5) is 26.1. The molecule has 0 aliphatic heterocycles. The average Bonchev–Trinajstić information content (AvgIpc) is 2.52. The Balaban J connectivity index is 2.91. The van der Waals surface area contributed by atoms with E-state index in [9.17, 15) is 9.59 Å². The molecular formula is C15H16N2O4. The quantitative estimate of drug-likeness (QED) is 0.182. The van der Waals surface area contributed by atoms with E-state index in [1.54, 1.807) is 18.2 Å². The van der Waals surface area contributed by atoms with Crippen molar-refractivity contribution in [1.82, 2.24) is 0 Å². The molecule has 0 aliphatic rings. The number of hydrogen-bond acceptors (Lipinski definition) is 4. The van der Waals surface area contributed by atoms with Crippen molar-refractivity contribution >= 4 is 17.5 Å². The fourth-order valence-electron chi connectivity index (χ4n) is 1.70. The van der Waals surface area contributed by atoms with E-state index >= 15 is 0 Å². The van der Waals surface area contributed by atoms with Crippen LogP contribution in [-0.2, 0) is 19.1 Å². The first kappa shape index (κ1) is 16.5. The fourth-order valence-corrected chi connectivity index (χ4v) is 1.70. The van der Waals surface area contributed by atoms with Gasteiger partial charge in [0.1, 0.15) is 0 Å². The first-order chi connectivity index (χ1) is 10.1. The van der Waals surface area contributed by atoms with Crippen molar-refractivity contribution in [2.24, 2.45) is 0 Å². The van der Waals surface area contributed by atoms with Crippen LogP contribution < -0.4 is 0 Å². The summed E-state index contributed by atoms with van der Waals surface area (Å²) in [6, 6.07) is 9.06. The molecule has 0 saturated carbocycles. The molecule has 0 N–H and O–H groups in total. The molecule has 1 rings (SSSR count). The van der Waals surface area contributed by atoms with Crippen molar-refractivity contribution < 1.29 is 23.9 Å². The maximum atomic E-state index is 12.0. The lowest BCUT2D eigenvalue weighted by Crippen LogP contribution is -2.28. The highest BCUT2D eigenvalue weighted by Gasteiger charge is 2.32. The van der Waals surface area contributed by atoms with Crippen LogP contribution in [0.25, 0.3) is 5.53 Å². The van der Waals surface area contributed by atoms with Gasteiger partial charge in [-0.25, -0.2) is 4.79 Å². The summed E-state index contributed by atoms with van der Waals surface area (Å²) in [7, 11) is 1.10. The van der Waals surface area contributed by atoms with Gasteiger partial charge in [0.15, 0.2) is 0 Å². The summed E-state index contributed by atoms with van der Waals surface area (Å²) < 4.78 is 9.91. The molecule has 0 radical (unpaired) electrons. The molecule has 1 atom stereocenters. The predicted molar refractivity (Wildman–Crippen MR) is 75.6 cm³/mol. The number of Topliss-reactive ketones (excluding diaryl/α,β-unsaturated/α-hetero) is 1. The maximum Gasteiger partial charge on any atom is 0.441 e. The minimum absolute atomic E-state index is 0.146. The van der Waals surface area contributed by atoms with Crippen LogP contribution in [0.15, 0.2) is 43.0 Å². The number of ether oxygens (including phenoxy) is 2. The van der Waals surface area contributed by atoms with Gasteiger partial charge in [0.25, 0.3) is 5.78 Å². The third-order valence-corrected chi connectivity index (χ3v) is 2.70. The second-order valence-electron chi connectivity index (χ2n) is 4.09. The smallest absolute Gasteiger partial charge is 0.441 e. The van der Waals surface area contributed by atoms with Crippen molar-refractivity contribution in [2.45, 2.75) is 12.5 Å². The maximum absolute atomic E-state index is 12.0. The van der Waals surface area contributed by atoms with Crippen LogP contribution in [0.5, 0.6) is 0 Å². The van der Waals surface area contributed by atoms with Crippen LogP contribution in [0, 0.1) is 0 Å². The van der Waals surface area contributed by atoms with Gasteiger partial charge in [-0.3, -0.25) is 4.79 Å². The van der Waals surface area contributed by atoms with E-state index in [1.807, 2.05) is 18.2 Å². The topological polar surface area (TPSA) is 89.0 Å². The Morgan fingerprint density at radius 1 is 1.38 bits per heavy atom. The number of esters is 1. The molecule has 0 aliphatic carbocycles. The lowest BCUT2D eigenvalue weighted by Gasteiger charge is -2.15. The Morgan fingerprint density at radius 3 is 2.57 bits per heavy atom. The molecule has 21 heavy (non-hydrogen) atoms. The van der Waals surface area contributed by atoms with E-state index in [0.29, 0.717) is 0 Å². The van der Waals surface area contributed by atoms with Crippen LogP contribution >= 0.6 is 0 Å². The molecule has 0 amide bonds. The van der Waals surface area contributed by atoms with Crippen molar-refractivity contribution in [3.05, 3.63) is 54.1 Å². The normalized spacial score (nSPS) is 11.1. The summed E-state index contributed by atoms with van der Waals surface area (Å²) in [5, 5.41) is 0. The Morgan fingerprint density at radius 2 is 2.05 bits per heavy atom. The molecule has 1 aromatic carbocycles. The standard InChI is InChI=1S/C15H16N2O4/c1-3-9-21-13(11-7-5-4-6-8-11)10-12(18)14(17-16)15(19)20-2/h3-8,13H,1,9-10H2,2H3/t13-/m1/s1. The second-order valence-corrected chi connectivity index (χ2v) is 4.09. The van der Waals surface area contributed by atoms with Crippen LogP contribution in [0.3, 0.4) is 0 Å². The zero-order valence-electron chi connectivity index (χ0n) is 11.7. The number of rotatable bonds is 8. The van der Waals surface area contributed by atoms with Gasteiger partial charge in [-0.15, -0.1) is 6.58 Å². The van der Waals surface area contributed by atoms with Crippen LogP contribution in [0.2, 0.25) is 0 Å². The molecule has 0 unspecified atom stereocenters. The summed E-state index contributed by atoms with van der Waals surface area (Å²) in [6.45, 7) is 3.80. The molecule has 0 bridgehead atoms. The lowest BCUT2D eigenvalue weighted by atomic mass is 10.0. The summed E-state index contributed by atoms with van der Waals surface area (Å²) >= 11 is 0. The molecule has 0 heterocycles. The average molecular weight is 288 g/mol. The van der Waals surface area contributed by atoms with Gasteiger partial charge in [0.05, 0.1) is 19.8 Å².